The van der Waals surface area contributed by atoms with E-state index in [4.69, 9.17) is 34.4 Å². The number of carbonyl (C=O) groups is 1. The molecule has 1 heterocycles. The molecule has 0 saturated heterocycles. The molecule has 8 rings (SSSR count). The van der Waals surface area contributed by atoms with Crippen LogP contribution in [0.5, 0.6) is 0 Å². The van der Waals surface area contributed by atoms with E-state index in [1.807, 2.05) is 62.4 Å². The summed E-state index contributed by atoms with van der Waals surface area (Å²) in [6.07, 6.45) is -8.51. The second-order valence-corrected chi connectivity index (χ2v) is 16.1. The van der Waals surface area contributed by atoms with Crippen molar-refractivity contribution in [2.75, 3.05) is 34.4 Å². The fourth-order valence-electron chi connectivity index (χ4n) is 6.98. The van der Waals surface area contributed by atoms with Gasteiger partial charge in [-0.3, -0.25) is 4.79 Å². The molecule has 6 aromatic rings. The number of hydrogen-bond donors (Lipinski definition) is 6. The van der Waals surface area contributed by atoms with Crippen molar-refractivity contribution >= 4 is 61.5 Å². The Labute approximate surface area is 338 Å². The summed E-state index contributed by atoms with van der Waals surface area (Å²) in [7, 11) is 3.47. The third kappa shape index (κ3) is 9.11. The maximum absolute atomic E-state index is 12.8. The lowest BCUT2D eigenvalue weighted by Gasteiger charge is -2.18. The van der Waals surface area contributed by atoms with Crippen molar-refractivity contribution < 1.29 is 31.1 Å². The lowest BCUT2D eigenvalue weighted by atomic mass is 9.89. The van der Waals surface area contributed by atoms with Gasteiger partial charge in [-0.2, -0.15) is 26.3 Å². The number of carbonyl (C=O) groups excluding carboxylic acids is 1. The Morgan fingerprint density at radius 3 is 1.22 bits per heavy atom. The first-order chi connectivity index (χ1) is 27.2. The van der Waals surface area contributed by atoms with E-state index in [1.54, 1.807) is 21.6 Å². The second kappa shape index (κ2) is 16.1. The Balaban J connectivity index is 0.000000148. The highest BCUT2D eigenvalue weighted by Crippen LogP contribution is 2.52. The number of benzene rings is 6. The molecule has 58 heavy (non-hydrogen) atoms. The fourth-order valence-corrected chi connectivity index (χ4v) is 9.43. The summed E-state index contributed by atoms with van der Waals surface area (Å²) in [5.41, 5.74) is 42.8. The van der Waals surface area contributed by atoms with E-state index < -0.39 is 34.9 Å². The van der Waals surface area contributed by atoms with Gasteiger partial charge < -0.3 is 34.4 Å². The van der Waals surface area contributed by atoms with Gasteiger partial charge in [0.1, 0.15) is 5.78 Å². The Hall–Kier alpha value is -5.93. The molecule has 12 N–H and O–H groups in total. The summed E-state index contributed by atoms with van der Waals surface area (Å²) < 4.78 is 76.8. The summed E-state index contributed by atoms with van der Waals surface area (Å²) in [4.78, 5) is 14.6. The summed E-state index contributed by atoms with van der Waals surface area (Å²) in [5, 5.41) is 0. The minimum absolute atomic E-state index is 0.0352. The number of aryl methyl sites for hydroxylation is 2. The molecule has 300 valence electrons. The number of Topliss-reactive ketones (excluding diaryl/α,β-unsaturated/α-hetero) is 1. The molecule has 7 nitrogen and oxygen atoms in total. The first-order valence-electron chi connectivity index (χ1n) is 17.6. The number of rotatable bonds is 1. The van der Waals surface area contributed by atoms with Crippen LogP contribution in [-0.4, -0.2) is 5.78 Å². The number of nitrogen functional groups attached to an aromatic ring is 6. The van der Waals surface area contributed by atoms with Gasteiger partial charge in [-0.05, 0) is 142 Å². The van der Waals surface area contributed by atoms with Gasteiger partial charge in [-0.25, -0.2) is 0 Å². The predicted octanol–water partition coefficient (Wildman–Crippen LogP) is 11.0. The van der Waals surface area contributed by atoms with E-state index in [9.17, 15) is 31.1 Å². The second-order valence-electron chi connectivity index (χ2n) is 13.9. The highest BCUT2D eigenvalue weighted by molar-refractivity contribution is 8.76. The number of anilines is 6. The molecule has 2 aliphatic rings. The number of nitrogens with two attached hydrogens (primary N) is 6. The summed E-state index contributed by atoms with van der Waals surface area (Å²) in [5.74, 6) is 0.208. The van der Waals surface area contributed by atoms with Crippen LogP contribution in [0.3, 0.4) is 0 Å². The average Bonchev–Trinajstić information content (AvgIpc) is 3.26. The standard InChI is InChI=1S/C17H18N2O.C14H10F6N2.C12H10N2S2/c1-9-3-13(18)5-11-7-15(20)8-12-6-14(19)4-10(2)17(12)16(9)11;15-13(16,17)9-5-7(1-3-11(9)21)8-2-4-12(22)10(6-8)14(18,19)20;13-7-1-3-9-10-4-2-8(14)6-12(10)16-15-11(9)5-7/h3-6H,7-8,18-19H2,1-2H3;1-6H,21-22H2;1-6H,13-14H2. The van der Waals surface area contributed by atoms with Crippen molar-refractivity contribution in [3.8, 4) is 33.4 Å². The first-order valence-corrected chi connectivity index (χ1v) is 19.7. The summed E-state index contributed by atoms with van der Waals surface area (Å²) in [6, 6.07) is 25.7. The van der Waals surface area contributed by atoms with Gasteiger partial charge >= 0.3 is 12.4 Å². The molecule has 0 aromatic heterocycles. The molecule has 15 heteroatoms. The van der Waals surface area contributed by atoms with Gasteiger partial charge in [0.15, 0.2) is 0 Å². The van der Waals surface area contributed by atoms with Gasteiger partial charge in [0.05, 0.1) is 11.1 Å². The molecular formula is C43H38F6N6OS2. The third-order valence-corrected chi connectivity index (χ3v) is 11.9. The van der Waals surface area contributed by atoms with Crippen LogP contribution in [0, 0.1) is 13.8 Å². The normalized spacial score (nSPS) is 13.0. The van der Waals surface area contributed by atoms with Crippen LogP contribution in [0.4, 0.5) is 60.5 Å². The molecular weight excluding hydrogens is 795 g/mol. The van der Waals surface area contributed by atoms with Crippen molar-refractivity contribution in [2.24, 2.45) is 0 Å². The molecule has 0 radical (unpaired) electrons. The van der Waals surface area contributed by atoms with Crippen LogP contribution in [0.15, 0.2) is 107 Å². The molecule has 1 aliphatic carbocycles. The number of fused-ring (bicyclic) bond motifs is 6. The smallest absolute Gasteiger partial charge is 0.399 e. The molecule has 1 aliphatic heterocycles. The highest BCUT2D eigenvalue weighted by atomic mass is 33.1. The zero-order chi connectivity index (χ0) is 42.3. The van der Waals surface area contributed by atoms with Gasteiger partial charge in [-0.1, -0.05) is 45.9 Å². The molecule has 0 spiro atoms. The number of ketones is 1. The highest BCUT2D eigenvalue weighted by Gasteiger charge is 2.35. The van der Waals surface area contributed by atoms with Crippen LogP contribution in [0.1, 0.15) is 33.4 Å². The zero-order valence-electron chi connectivity index (χ0n) is 31.1. The van der Waals surface area contributed by atoms with E-state index in [0.29, 0.717) is 36.3 Å². The van der Waals surface area contributed by atoms with Crippen molar-refractivity contribution in [1.82, 2.24) is 0 Å². The number of halogens is 6. The third-order valence-electron chi connectivity index (χ3n) is 9.48. The van der Waals surface area contributed by atoms with Gasteiger partial charge in [0.25, 0.3) is 0 Å². The predicted molar refractivity (Wildman–Crippen MR) is 226 cm³/mol. The Kier molecular flexibility index (Phi) is 11.6. The monoisotopic (exact) mass is 832 g/mol. The van der Waals surface area contributed by atoms with Gasteiger partial charge in [0.2, 0.25) is 0 Å². The van der Waals surface area contributed by atoms with Crippen LogP contribution in [0.25, 0.3) is 33.4 Å². The molecule has 6 aromatic carbocycles. The van der Waals surface area contributed by atoms with Gasteiger partial charge in [-0.15, -0.1) is 0 Å². The van der Waals surface area contributed by atoms with E-state index in [0.717, 1.165) is 56.9 Å². The molecule has 0 unspecified atom stereocenters. The molecule has 0 atom stereocenters. The molecule has 0 bridgehead atoms. The lowest BCUT2D eigenvalue weighted by Crippen LogP contribution is -2.10. The minimum atomic E-state index is -4.69. The Morgan fingerprint density at radius 1 is 0.483 bits per heavy atom. The molecule has 0 saturated carbocycles. The quantitative estimate of drug-likeness (QED) is 0.0535. The molecule has 0 fully saturated rings. The summed E-state index contributed by atoms with van der Waals surface area (Å²) >= 11 is 0. The van der Waals surface area contributed by atoms with Crippen molar-refractivity contribution in [2.45, 2.75) is 48.8 Å². The maximum atomic E-state index is 12.8. The Bertz CT molecular complexity index is 2400. The summed E-state index contributed by atoms with van der Waals surface area (Å²) in [6.45, 7) is 4.09. The van der Waals surface area contributed by atoms with Crippen molar-refractivity contribution in [1.29, 1.82) is 0 Å². The largest absolute Gasteiger partial charge is 0.418 e. The van der Waals surface area contributed by atoms with E-state index in [1.165, 1.54) is 33.1 Å². The first kappa shape index (κ1) is 41.7. The van der Waals surface area contributed by atoms with Crippen LogP contribution >= 0.6 is 21.6 Å². The van der Waals surface area contributed by atoms with E-state index in [2.05, 4.69) is 12.1 Å². The van der Waals surface area contributed by atoms with Gasteiger partial charge in [0, 0.05) is 56.8 Å². The van der Waals surface area contributed by atoms with Crippen molar-refractivity contribution in [3.05, 3.63) is 130 Å². The lowest BCUT2D eigenvalue weighted by molar-refractivity contribution is -0.137. The van der Waals surface area contributed by atoms with Crippen LogP contribution in [0.2, 0.25) is 0 Å². The maximum Gasteiger partial charge on any atom is 0.418 e. The van der Waals surface area contributed by atoms with E-state index in [-0.39, 0.29) is 16.9 Å². The fraction of sp³-hybridized carbons (Fsp3) is 0.140. The Morgan fingerprint density at radius 2 is 0.862 bits per heavy atom. The average molecular weight is 833 g/mol. The SMILES string of the molecule is Cc1cc(N)cc2c1-c1c(C)cc(N)cc1CC(=O)C2.Nc1ccc(-c2ccc(N)c(C(F)(F)F)c2)cc1C(F)(F)F.Nc1ccc2c(c1)SSc1cc(N)ccc1-2. The van der Waals surface area contributed by atoms with E-state index >= 15 is 0 Å². The number of alkyl halides is 6. The molecule has 0 amide bonds. The zero-order valence-corrected chi connectivity index (χ0v) is 32.7. The van der Waals surface area contributed by atoms with Crippen LogP contribution in [-0.2, 0) is 30.0 Å². The van der Waals surface area contributed by atoms with Crippen molar-refractivity contribution in [3.63, 3.8) is 0 Å². The van der Waals surface area contributed by atoms with Crippen LogP contribution < -0.4 is 34.4 Å². The number of hydrogen-bond acceptors (Lipinski definition) is 9. The topological polar surface area (TPSA) is 173 Å². The minimum Gasteiger partial charge on any atom is -0.399 e.